The van der Waals surface area contributed by atoms with Gasteiger partial charge in [0, 0.05) is 12.6 Å². The van der Waals surface area contributed by atoms with Crippen LogP contribution < -0.4 is 11.1 Å². The van der Waals surface area contributed by atoms with E-state index in [0.717, 1.165) is 19.4 Å². The van der Waals surface area contributed by atoms with E-state index < -0.39 is 5.41 Å². The van der Waals surface area contributed by atoms with Crippen molar-refractivity contribution in [2.24, 2.45) is 16.3 Å². The van der Waals surface area contributed by atoms with Gasteiger partial charge in [-0.15, -0.1) is 0 Å². The van der Waals surface area contributed by atoms with Crippen LogP contribution >= 0.6 is 0 Å². The lowest BCUT2D eigenvalue weighted by molar-refractivity contribution is -0.131. The molecule has 1 unspecified atom stereocenters. The Morgan fingerprint density at radius 2 is 2.28 bits per heavy atom. The number of rotatable bonds is 4. The molecule has 102 valence electrons. The summed E-state index contributed by atoms with van der Waals surface area (Å²) in [7, 11) is 2.08. The average Bonchev–Trinajstić information content (AvgIpc) is 2.70. The lowest BCUT2D eigenvalue weighted by atomic mass is 9.67. The largest absolute Gasteiger partial charge is 0.409 e. The predicted octanol–water partition coefficient (Wildman–Crippen LogP) is 0.114. The molecule has 1 saturated carbocycles. The molecule has 1 amide bonds. The molecule has 2 fully saturated rings. The van der Waals surface area contributed by atoms with E-state index in [1.807, 2.05) is 0 Å². The van der Waals surface area contributed by atoms with Crippen LogP contribution in [0.25, 0.3) is 0 Å². The lowest BCUT2D eigenvalue weighted by Gasteiger charge is -2.39. The number of likely N-dealkylation sites (N-methyl/N-ethyl adjacent to an activating group) is 1. The summed E-state index contributed by atoms with van der Waals surface area (Å²) in [4.78, 5) is 14.5. The number of nitrogens with two attached hydrogens (primary N) is 1. The first-order valence-corrected chi connectivity index (χ1v) is 6.57. The molecule has 0 aromatic carbocycles. The van der Waals surface area contributed by atoms with Crippen molar-refractivity contribution >= 4 is 11.7 Å². The number of nitrogens with zero attached hydrogens (tertiary/aromatic N) is 2. The Morgan fingerprint density at radius 3 is 2.72 bits per heavy atom. The summed E-state index contributed by atoms with van der Waals surface area (Å²) in [6, 6.07) is 0.415. The van der Waals surface area contributed by atoms with Crippen molar-refractivity contribution in [1.82, 2.24) is 10.2 Å². The molecule has 1 atom stereocenters. The van der Waals surface area contributed by atoms with E-state index in [1.165, 1.54) is 6.42 Å². The second-order valence-electron chi connectivity index (χ2n) is 5.41. The SMILES string of the molecule is CN1CCCC1CNC(=O)C1(C(N)=NO)CCC1. The van der Waals surface area contributed by atoms with Crippen molar-refractivity contribution in [3.05, 3.63) is 0 Å². The molecule has 1 saturated heterocycles. The maximum atomic E-state index is 12.2. The minimum atomic E-state index is -0.758. The standard InChI is InChI=1S/C12H22N4O2/c1-16-7-2-4-9(16)8-14-11(17)12(5-3-6-12)10(13)15-18/h9,18H,2-8H2,1H3,(H2,13,15)(H,14,17). The smallest absolute Gasteiger partial charge is 0.234 e. The summed E-state index contributed by atoms with van der Waals surface area (Å²) < 4.78 is 0. The Hall–Kier alpha value is -1.30. The van der Waals surface area contributed by atoms with Crippen LogP contribution in [0.2, 0.25) is 0 Å². The van der Waals surface area contributed by atoms with Crippen LogP contribution in [-0.2, 0) is 4.79 Å². The fourth-order valence-electron chi connectivity index (χ4n) is 2.84. The van der Waals surface area contributed by atoms with Crippen LogP contribution in [0, 0.1) is 5.41 Å². The van der Waals surface area contributed by atoms with E-state index in [2.05, 4.69) is 22.4 Å². The minimum Gasteiger partial charge on any atom is -0.409 e. The van der Waals surface area contributed by atoms with Gasteiger partial charge in [0.25, 0.3) is 0 Å². The first-order valence-electron chi connectivity index (χ1n) is 6.57. The molecule has 0 spiro atoms. The Kier molecular flexibility index (Phi) is 3.75. The molecular weight excluding hydrogens is 232 g/mol. The zero-order valence-corrected chi connectivity index (χ0v) is 10.9. The summed E-state index contributed by atoms with van der Waals surface area (Å²) in [5.74, 6) is -0.0459. The normalized spacial score (nSPS) is 27.8. The van der Waals surface area contributed by atoms with Crippen LogP contribution in [0.4, 0.5) is 0 Å². The Morgan fingerprint density at radius 1 is 1.56 bits per heavy atom. The number of nitrogens with one attached hydrogen (secondary N) is 1. The molecule has 0 aromatic rings. The first-order chi connectivity index (χ1) is 8.60. The molecule has 18 heavy (non-hydrogen) atoms. The van der Waals surface area contributed by atoms with Gasteiger partial charge >= 0.3 is 0 Å². The molecule has 1 heterocycles. The molecule has 0 radical (unpaired) electrons. The summed E-state index contributed by atoms with van der Waals surface area (Å²) in [5, 5.41) is 14.8. The van der Waals surface area contributed by atoms with Gasteiger partial charge in [0.2, 0.25) is 5.91 Å². The van der Waals surface area contributed by atoms with E-state index in [9.17, 15) is 4.79 Å². The highest BCUT2D eigenvalue weighted by Gasteiger charge is 2.48. The van der Waals surface area contributed by atoms with Crippen LogP contribution in [0.3, 0.4) is 0 Å². The molecule has 1 aliphatic heterocycles. The van der Waals surface area contributed by atoms with Crippen LogP contribution in [-0.4, -0.2) is 48.0 Å². The number of hydrogen-bond donors (Lipinski definition) is 3. The number of amides is 1. The Bertz CT molecular complexity index is 352. The van der Waals surface area contributed by atoms with E-state index in [-0.39, 0.29) is 11.7 Å². The zero-order chi connectivity index (χ0) is 13.2. The summed E-state index contributed by atoms with van der Waals surface area (Å²) >= 11 is 0. The summed E-state index contributed by atoms with van der Waals surface area (Å²) in [6.45, 7) is 1.74. The lowest BCUT2D eigenvalue weighted by Crippen LogP contribution is -2.55. The maximum Gasteiger partial charge on any atom is 0.234 e. The van der Waals surface area contributed by atoms with Crippen LogP contribution in [0.1, 0.15) is 32.1 Å². The summed E-state index contributed by atoms with van der Waals surface area (Å²) in [5.41, 5.74) is 4.90. The topological polar surface area (TPSA) is 91.0 Å². The Labute approximate surface area is 107 Å². The molecule has 1 aliphatic carbocycles. The van der Waals surface area contributed by atoms with Gasteiger partial charge in [-0.25, -0.2) is 0 Å². The van der Waals surface area contributed by atoms with E-state index in [4.69, 9.17) is 10.9 Å². The highest BCUT2D eigenvalue weighted by Crippen LogP contribution is 2.41. The van der Waals surface area contributed by atoms with Gasteiger partial charge in [-0.2, -0.15) is 0 Å². The summed E-state index contributed by atoms with van der Waals surface area (Å²) in [6.07, 6.45) is 4.60. The number of amidine groups is 1. The predicted molar refractivity (Wildman–Crippen MR) is 68.4 cm³/mol. The Balaban J connectivity index is 1.91. The number of carbonyl (C=O) groups excluding carboxylic acids is 1. The molecule has 2 aliphatic rings. The zero-order valence-electron chi connectivity index (χ0n) is 10.9. The van der Waals surface area contributed by atoms with Gasteiger partial charge in [0.05, 0.1) is 0 Å². The molecule has 6 nitrogen and oxygen atoms in total. The van der Waals surface area contributed by atoms with Crippen molar-refractivity contribution in [2.45, 2.75) is 38.1 Å². The molecule has 0 bridgehead atoms. The minimum absolute atomic E-state index is 0.0472. The third kappa shape index (κ3) is 2.16. The van der Waals surface area contributed by atoms with Crippen molar-refractivity contribution in [3.8, 4) is 0 Å². The maximum absolute atomic E-state index is 12.2. The van der Waals surface area contributed by atoms with E-state index in [1.54, 1.807) is 0 Å². The van der Waals surface area contributed by atoms with Gasteiger partial charge in [-0.05, 0) is 39.3 Å². The third-order valence-corrected chi connectivity index (χ3v) is 4.41. The second-order valence-corrected chi connectivity index (χ2v) is 5.41. The first kappa shape index (κ1) is 13.1. The molecule has 2 rings (SSSR count). The van der Waals surface area contributed by atoms with Crippen molar-refractivity contribution in [2.75, 3.05) is 20.1 Å². The fourth-order valence-corrected chi connectivity index (χ4v) is 2.84. The molecule has 0 aromatic heterocycles. The average molecular weight is 254 g/mol. The van der Waals surface area contributed by atoms with Crippen molar-refractivity contribution in [1.29, 1.82) is 0 Å². The second kappa shape index (κ2) is 5.14. The van der Waals surface area contributed by atoms with Gasteiger partial charge in [0.1, 0.15) is 5.41 Å². The highest BCUT2D eigenvalue weighted by atomic mass is 16.4. The van der Waals surface area contributed by atoms with Gasteiger partial charge in [-0.3, -0.25) is 4.79 Å². The number of carbonyl (C=O) groups is 1. The number of likely N-dealkylation sites (tertiary alicyclic amines) is 1. The van der Waals surface area contributed by atoms with Gasteiger partial charge in [-0.1, -0.05) is 11.6 Å². The molecule has 6 heteroatoms. The number of hydrogen-bond acceptors (Lipinski definition) is 4. The highest BCUT2D eigenvalue weighted by molar-refractivity contribution is 6.07. The van der Waals surface area contributed by atoms with Crippen molar-refractivity contribution < 1.29 is 10.0 Å². The van der Waals surface area contributed by atoms with Crippen LogP contribution in [0.15, 0.2) is 5.16 Å². The van der Waals surface area contributed by atoms with E-state index in [0.29, 0.717) is 25.4 Å². The van der Waals surface area contributed by atoms with Crippen LogP contribution in [0.5, 0.6) is 0 Å². The quantitative estimate of drug-likeness (QED) is 0.287. The molecule has 4 N–H and O–H groups in total. The third-order valence-electron chi connectivity index (χ3n) is 4.41. The van der Waals surface area contributed by atoms with Gasteiger partial charge < -0.3 is 21.2 Å². The van der Waals surface area contributed by atoms with Gasteiger partial charge in [0.15, 0.2) is 5.84 Å². The number of oxime groups is 1. The molecular formula is C12H22N4O2. The monoisotopic (exact) mass is 254 g/mol. The van der Waals surface area contributed by atoms with Crippen molar-refractivity contribution in [3.63, 3.8) is 0 Å². The fraction of sp³-hybridized carbons (Fsp3) is 0.833. The van der Waals surface area contributed by atoms with E-state index >= 15 is 0 Å².